The molecule has 0 aliphatic carbocycles. The quantitative estimate of drug-likeness (QED) is 0.623. The Labute approximate surface area is 103 Å². The first-order valence-corrected chi connectivity index (χ1v) is 6.32. The van der Waals surface area contributed by atoms with Gasteiger partial charge in [-0.25, -0.2) is 4.98 Å². The molecular formula is C11H13BrN2O2. The van der Waals surface area contributed by atoms with E-state index in [0.29, 0.717) is 11.0 Å². The molecule has 1 saturated heterocycles. The largest absolute Gasteiger partial charge is 0.378 e. The number of morpholine rings is 1. The van der Waals surface area contributed by atoms with Crippen molar-refractivity contribution in [2.24, 2.45) is 0 Å². The third-order valence-corrected chi connectivity index (χ3v) is 2.99. The highest BCUT2D eigenvalue weighted by Crippen LogP contribution is 2.13. The van der Waals surface area contributed by atoms with Crippen LogP contribution < -0.4 is 4.90 Å². The average molecular weight is 285 g/mol. The third kappa shape index (κ3) is 2.59. The van der Waals surface area contributed by atoms with Gasteiger partial charge in [-0.1, -0.05) is 22.0 Å². The number of hydrogen-bond donors (Lipinski definition) is 0. The van der Waals surface area contributed by atoms with E-state index in [1.807, 2.05) is 12.1 Å². The molecule has 16 heavy (non-hydrogen) atoms. The maximum Gasteiger partial charge on any atom is 0.191 e. The van der Waals surface area contributed by atoms with Crippen LogP contribution in [0, 0.1) is 0 Å². The van der Waals surface area contributed by atoms with Gasteiger partial charge in [0.1, 0.15) is 11.5 Å². The van der Waals surface area contributed by atoms with Gasteiger partial charge in [0.15, 0.2) is 5.78 Å². The Morgan fingerprint density at radius 2 is 2.19 bits per heavy atom. The van der Waals surface area contributed by atoms with Crippen molar-refractivity contribution in [3.8, 4) is 0 Å². The monoisotopic (exact) mass is 284 g/mol. The molecule has 0 spiro atoms. The number of pyridine rings is 1. The number of halogens is 1. The van der Waals surface area contributed by atoms with Gasteiger partial charge in [-0.2, -0.15) is 0 Å². The third-order valence-electron chi connectivity index (χ3n) is 2.48. The first kappa shape index (κ1) is 11.5. The van der Waals surface area contributed by atoms with Gasteiger partial charge in [0.25, 0.3) is 0 Å². The molecule has 1 aliphatic heterocycles. The summed E-state index contributed by atoms with van der Waals surface area (Å²) in [5, 5.41) is 0.312. The van der Waals surface area contributed by atoms with Crippen LogP contribution in [0.3, 0.4) is 0 Å². The molecule has 86 valence electrons. The zero-order chi connectivity index (χ0) is 11.4. The molecule has 0 unspecified atom stereocenters. The van der Waals surface area contributed by atoms with Gasteiger partial charge in [0.2, 0.25) is 0 Å². The number of Topliss-reactive ketones (excluding diaryl/α,β-unsaturated/α-hetero) is 1. The normalized spacial score (nSPS) is 16.2. The summed E-state index contributed by atoms with van der Waals surface area (Å²) in [5.41, 5.74) is 0.515. The maximum atomic E-state index is 11.5. The molecule has 1 aromatic rings. The van der Waals surface area contributed by atoms with Crippen LogP contribution in [0.4, 0.5) is 5.82 Å². The number of ketones is 1. The molecule has 4 nitrogen and oxygen atoms in total. The lowest BCUT2D eigenvalue weighted by Gasteiger charge is -2.27. The van der Waals surface area contributed by atoms with Crippen LogP contribution in [0.2, 0.25) is 0 Å². The molecule has 2 rings (SSSR count). The van der Waals surface area contributed by atoms with E-state index >= 15 is 0 Å². The molecule has 2 heterocycles. The highest BCUT2D eigenvalue weighted by molar-refractivity contribution is 9.09. The van der Waals surface area contributed by atoms with E-state index in [9.17, 15) is 4.79 Å². The van der Waals surface area contributed by atoms with Crippen LogP contribution in [-0.2, 0) is 4.74 Å². The summed E-state index contributed by atoms with van der Waals surface area (Å²) in [6.07, 6.45) is 0. The fourth-order valence-electron chi connectivity index (χ4n) is 1.62. The predicted octanol–water partition coefficient (Wildman–Crippen LogP) is 1.50. The number of anilines is 1. The number of nitrogens with zero attached hydrogens (tertiary/aromatic N) is 2. The summed E-state index contributed by atoms with van der Waals surface area (Å²) in [6.45, 7) is 3.11. The molecule has 1 aromatic heterocycles. The number of carbonyl (C=O) groups is 1. The Bertz CT molecular complexity index is 378. The molecule has 1 fully saturated rings. The van der Waals surface area contributed by atoms with Crippen molar-refractivity contribution in [1.29, 1.82) is 0 Å². The number of alkyl halides is 1. The number of aromatic nitrogens is 1. The van der Waals surface area contributed by atoms with Gasteiger partial charge in [-0.05, 0) is 12.1 Å². The zero-order valence-electron chi connectivity index (χ0n) is 8.86. The van der Waals surface area contributed by atoms with Crippen LogP contribution in [0.1, 0.15) is 10.5 Å². The van der Waals surface area contributed by atoms with Crippen molar-refractivity contribution < 1.29 is 9.53 Å². The Kier molecular flexibility index (Phi) is 3.90. The Balaban J connectivity index is 2.17. The van der Waals surface area contributed by atoms with Crippen LogP contribution in [-0.4, -0.2) is 42.4 Å². The molecule has 5 heteroatoms. The molecule has 0 saturated carbocycles. The van der Waals surface area contributed by atoms with E-state index in [2.05, 4.69) is 25.8 Å². The first-order chi connectivity index (χ1) is 7.81. The summed E-state index contributed by atoms with van der Waals surface area (Å²) in [7, 11) is 0. The number of ether oxygens (including phenoxy) is 1. The second kappa shape index (κ2) is 5.41. The topological polar surface area (TPSA) is 42.4 Å². The summed E-state index contributed by atoms with van der Waals surface area (Å²) >= 11 is 3.15. The van der Waals surface area contributed by atoms with E-state index in [1.54, 1.807) is 6.07 Å². The van der Waals surface area contributed by atoms with Crippen molar-refractivity contribution in [2.75, 3.05) is 36.5 Å². The Hall–Kier alpha value is -0.940. The molecule has 0 radical (unpaired) electrons. The summed E-state index contributed by atoms with van der Waals surface area (Å²) in [5.74, 6) is 0.866. The SMILES string of the molecule is O=C(CBr)c1cccc(N2CCOCC2)n1. The van der Waals surface area contributed by atoms with E-state index in [0.717, 1.165) is 32.1 Å². The summed E-state index contributed by atoms with van der Waals surface area (Å²) in [6, 6.07) is 5.54. The fraction of sp³-hybridized carbons (Fsp3) is 0.455. The number of rotatable bonds is 3. The fourth-order valence-corrected chi connectivity index (χ4v) is 1.90. The minimum absolute atomic E-state index is 0.00936. The molecule has 0 bridgehead atoms. The van der Waals surface area contributed by atoms with E-state index in [4.69, 9.17) is 4.74 Å². The highest BCUT2D eigenvalue weighted by Gasteiger charge is 2.14. The van der Waals surface area contributed by atoms with Crippen molar-refractivity contribution in [3.05, 3.63) is 23.9 Å². The Morgan fingerprint density at radius 3 is 2.88 bits per heavy atom. The predicted molar refractivity (Wildman–Crippen MR) is 65.4 cm³/mol. The minimum atomic E-state index is 0.00936. The smallest absolute Gasteiger partial charge is 0.191 e. The van der Waals surface area contributed by atoms with Crippen molar-refractivity contribution >= 4 is 27.5 Å². The van der Waals surface area contributed by atoms with E-state index in [-0.39, 0.29) is 5.78 Å². The minimum Gasteiger partial charge on any atom is -0.378 e. The molecule has 0 amide bonds. The van der Waals surface area contributed by atoms with Crippen molar-refractivity contribution in [3.63, 3.8) is 0 Å². The maximum absolute atomic E-state index is 11.5. The second-order valence-electron chi connectivity index (χ2n) is 3.54. The van der Waals surface area contributed by atoms with Crippen LogP contribution in [0.15, 0.2) is 18.2 Å². The first-order valence-electron chi connectivity index (χ1n) is 5.20. The number of hydrogen-bond acceptors (Lipinski definition) is 4. The van der Waals surface area contributed by atoms with Crippen molar-refractivity contribution in [1.82, 2.24) is 4.98 Å². The van der Waals surface area contributed by atoms with Crippen LogP contribution >= 0.6 is 15.9 Å². The number of carbonyl (C=O) groups excluding carboxylic acids is 1. The molecule has 0 N–H and O–H groups in total. The van der Waals surface area contributed by atoms with E-state index in [1.165, 1.54) is 0 Å². The lowest BCUT2D eigenvalue weighted by atomic mass is 10.2. The lowest BCUT2D eigenvalue weighted by Crippen LogP contribution is -2.36. The second-order valence-corrected chi connectivity index (χ2v) is 4.10. The molecular weight excluding hydrogens is 272 g/mol. The average Bonchev–Trinajstić information content (AvgIpc) is 2.39. The van der Waals surface area contributed by atoms with Crippen molar-refractivity contribution in [2.45, 2.75) is 0 Å². The Morgan fingerprint density at radius 1 is 1.44 bits per heavy atom. The van der Waals surface area contributed by atoms with Gasteiger partial charge < -0.3 is 9.64 Å². The van der Waals surface area contributed by atoms with Gasteiger partial charge in [0.05, 0.1) is 18.5 Å². The summed E-state index contributed by atoms with van der Waals surface area (Å²) < 4.78 is 5.28. The van der Waals surface area contributed by atoms with Gasteiger partial charge in [0, 0.05) is 13.1 Å². The van der Waals surface area contributed by atoms with Gasteiger partial charge in [-0.3, -0.25) is 4.79 Å². The molecule has 1 aliphatic rings. The highest BCUT2D eigenvalue weighted by atomic mass is 79.9. The lowest BCUT2D eigenvalue weighted by molar-refractivity contribution is 0.101. The zero-order valence-corrected chi connectivity index (χ0v) is 10.4. The van der Waals surface area contributed by atoms with Gasteiger partial charge in [-0.15, -0.1) is 0 Å². The van der Waals surface area contributed by atoms with Crippen LogP contribution in [0.25, 0.3) is 0 Å². The van der Waals surface area contributed by atoms with E-state index < -0.39 is 0 Å². The molecule has 0 aromatic carbocycles. The summed E-state index contributed by atoms with van der Waals surface area (Å²) in [4.78, 5) is 18.0. The molecule has 0 atom stereocenters. The van der Waals surface area contributed by atoms with Gasteiger partial charge >= 0.3 is 0 Å². The van der Waals surface area contributed by atoms with Crippen LogP contribution in [0.5, 0.6) is 0 Å². The standard InChI is InChI=1S/C11H13BrN2O2/c12-8-10(15)9-2-1-3-11(13-9)14-4-6-16-7-5-14/h1-3H,4-8H2.